The van der Waals surface area contributed by atoms with Gasteiger partial charge < -0.3 is 62.0 Å². The molecule has 0 bridgehead atoms. The van der Waals surface area contributed by atoms with Crippen LogP contribution in [0.15, 0.2) is 107 Å². The largest absolute Gasteiger partial charge is 1.00 e. The molecule has 0 aliphatic carbocycles. The Morgan fingerprint density at radius 1 is 0.487 bits per heavy atom. The molecule has 5 aromatic rings. The van der Waals surface area contributed by atoms with Crippen LogP contribution in [0.3, 0.4) is 0 Å². The van der Waals surface area contributed by atoms with Crippen molar-refractivity contribution in [3.63, 3.8) is 0 Å². The van der Waals surface area contributed by atoms with E-state index in [1.807, 2.05) is 127 Å². The van der Waals surface area contributed by atoms with E-state index in [2.05, 4.69) is 56.8 Å². The Bertz CT molecular complexity index is 2240. The first kappa shape index (κ1) is 73.1. The van der Waals surface area contributed by atoms with Crippen LogP contribution in [0, 0.1) is 0 Å². The third kappa shape index (κ3) is 23.4. The Morgan fingerprint density at radius 3 is 1.12 bits per heavy atom. The summed E-state index contributed by atoms with van der Waals surface area (Å²) in [6.45, 7) is 28.3. The van der Waals surface area contributed by atoms with Crippen molar-refractivity contribution in [1.29, 1.82) is 0 Å². The van der Waals surface area contributed by atoms with E-state index in [0.29, 0.717) is 34.1 Å². The van der Waals surface area contributed by atoms with Gasteiger partial charge in [-0.3, -0.25) is 0 Å². The SMILES string of the molecule is CC.CC1(C)OB(B2OC(C)(C)C(C)(C)O2)OC1(C)C.COc1ccc(B(O)O)cn1.COc1ccc(B2OC(C)(C)C(C)(C)O2)cn1.COc1ccc(Br)cn1.COc1ccccn1.C[O-].Clc1ccc(Br)cn1.[Na+]. The predicted octanol–water partition coefficient (Wildman–Crippen LogP) is 4.86. The Balaban J connectivity index is 0.000000899. The number of rotatable bonds is 7. The van der Waals surface area contributed by atoms with Gasteiger partial charge >= 0.3 is 57.8 Å². The smallest absolute Gasteiger partial charge is 0.857 e. The summed E-state index contributed by atoms with van der Waals surface area (Å²) in [5.41, 5.74) is -0.824. The number of hydrogen-bond donors (Lipinski definition) is 2. The summed E-state index contributed by atoms with van der Waals surface area (Å²) in [5, 5.41) is 26.1. The van der Waals surface area contributed by atoms with Crippen LogP contribution in [0.1, 0.15) is 96.9 Å². The second-order valence-electron chi connectivity index (χ2n) is 18.7. The van der Waals surface area contributed by atoms with E-state index < -0.39 is 21.1 Å². The van der Waals surface area contributed by atoms with E-state index >= 15 is 0 Å². The van der Waals surface area contributed by atoms with E-state index in [1.165, 1.54) is 19.4 Å². The van der Waals surface area contributed by atoms with Crippen LogP contribution < -0.4 is 64.5 Å². The van der Waals surface area contributed by atoms with Crippen LogP contribution in [0.2, 0.25) is 5.15 Å². The molecule has 0 atom stereocenters. The quantitative estimate of drug-likeness (QED) is 0.164. The number of hydrogen-bond acceptors (Lipinski definition) is 18. The fourth-order valence-corrected chi connectivity index (χ4v) is 6.19. The molecule has 18 nitrogen and oxygen atoms in total. The summed E-state index contributed by atoms with van der Waals surface area (Å²) in [7, 11) is 4.26. The first-order valence-corrected chi connectivity index (χ1v) is 25.7. The second-order valence-corrected chi connectivity index (χ2v) is 20.9. The molecular weight excluding hydrogens is 1140 g/mol. The van der Waals surface area contributed by atoms with E-state index in [1.54, 1.807) is 76.4 Å². The average Bonchev–Trinajstić information content (AvgIpc) is 3.86. The van der Waals surface area contributed by atoms with Gasteiger partial charge in [-0.1, -0.05) is 43.6 Å². The van der Waals surface area contributed by atoms with Gasteiger partial charge in [-0.2, -0.15) is 7.11 Å². The molecule has 3 fully saturated rings. The zero-order chi connectivity index (χ0) is 57.4. The minimum absolute atomic E-state index is 0. The normalized spacial score (nSPS) is 16.9. The molecule has 0 aromatic carbocycles. The predicted molar refractivity (Wildman–Crippen MR) is 303 cm³/mol. The molecular formula is C50H75B4Br2ClN5NaO13. The molecule has 8 rings (SSSR count). The molecule has 5 aromatic heterocycles. The molecule has 26 heteroatoms. The fourth-order valence-electron chi connectivity index (χ4n) is 5.60. The molecule has 0 radical (unpaired) electrons. The fraction of sp³-hybridized carbons (Fsp3) is 0.500. The van der Waals surface area contributed by atoms with Crippen molar-refractivity contribution in [2.24, 2.45) is 0 Å². The maximum atomic E-state index is 8.66. The minimum atomic E-state index is -1.46. The van der Waals surface area contributed by atoms with Crippen LogP contribution in [-0.4, -0.2) is 132 Å². The summed E-state index contributed by atoms with van der Waals surface area (Å²) >= 11 is 12.0. The van der Waals surface area contributed by atoms with Gasteiger partial charge in [0.1, 0.15) is 5.15 Å². The van der Waals surface area contributed by atoms with Gasteiger partial charge in [-0.25, -0.2) is 24.9 Å². The zero-order valence-electron chi connectivity index (χ0n) is 47.8. The third-order valence-corrected chi connectivity index (χ3v) is 13.1. The van der Waals surface area contributed by atoms with E-state index in [-0.39, 0.29) is 70.3 Å². The Hall–Kier alpha value is -2.90. The number of halogens is 3. The second kappa shape index (κ2) is 34.3. The van der Waals surface area contributed by atoms with Crippen molar-refractivity contribution in [2.75, 3.05) is 35.5 Å². The van der Waals surface area contributed by atoms with E-state index in [4.69, 9.17) is 73.6 Å². The third-order valence-electron chi connectivity index (χ3n) is 12.0. The van der Waals surface area contributed by atoms with Crippen molar-refractivity contribution in [1.82, 2.24) is 24.9 Å². The zero-order valence-corrected chi connectivity index (χ0v) is 53.7. The van der Waals surface area contributed by atoms with Crippen molar-refractivity contribution in [3.8, 4) is 23.5 Å². The van der Waals surface area contributed by atoms with Crippen LogP contribution in [0.4, 0.5) is 0 Å². The van der Waals surface area contributed by atoms with E-state index in [9.17, 15) is 0 Å². The topological polar surface area (TPSA) is 220 Å². The van der Waals surface area contributed by atoms with Crippen molar-refractivity contribution in [3.05, 3.63) is 112 Å². The summed E-state index contributed by atoms with van der Waals surface area (Å²) in [4.78, 5) is 19.5. The maximum Gasteiger partial charge on any atom is 1.00 e. The minimum Gasteiger partial charge on any atom is -0.857 e. The first-order valence-electron chi connectivity index (χ1n) is 23.7. The van der Waals surface area contributed by atoms with Gasteiger partial charge in [-0.15, -0.1) is 0 Å². The van der Waals surface area contributed by atoms with Gasteiger partial charge in [0.05, 0.1) is 62.0 Å². The van der Waals surface area contributed by atoms with Crippen LogP contribution in [-0.2, 0) is 27.9 Å². The van der Waals surface area contributed by atoms with Gasteiger partial charge in [0, 0.05) is 63.0 Å². The van der Waals surface area contributed by atoms with Crippen LogP contribution in [0.25, 0.3) is 0 Å². The van der Waals surface area contributed by atoms with Gasteiger partial charge in [0.15, 0.2) is 0 Å². The summed E-state index contributed by atoms with van der Waals surface area (Å²) in [6.07, 6.45) is 8.12. The first-order chi connectivity index (χ1) is 35.0. The number of aromatic nitrogens is 5. The summed E-state index contributed by atoms with van der Waals surface area (Å²) in [5.74, 6) is 2.34. The molecule has 2 N–H and O–H groups in total. The maximum absolute atomic E-state index is 8.66. The molecule has 76 heavy (non-hydrogen) atoms. The number of ether oxygens (including phenoxy) is 4. The van der Waals surface area contributed by atoms with Crippen molar-refractivity contribution in [2.45, 2.75) is 131 Å². The molecule has 3 saturated heterocycles. The van der Waals surface area contributed by atoms with Crippen molar-refractivity contribution < 1.29 is 91.6 Å². The molecule has 0 unspecified atom stereocenters. The monoisotopic (exact) mass is 1210 g/mol. The molecule has 0 saturated carbocycles. The van der Waals surface area contributed by atoms with E-state index in [0.717, 1.165) is 21.5 Å². The Labute approximate surface area is 496 Å². The average molecular weight is 1220 g/mol. The molecule has 0 amide bonds. The Morgan fingerprint density at radius 2 is 0.842 bits per heavy atom. The van der Waals surface area contributed by atoms with Gasteiger partial charge in [-0.05, 0) is 151 Å². The summed E-state index contributed by atoms with van der Waals surface area (Å²) in [6, 6.07) is 19.6. The molecule has 412 valence electrons. The summed E-state index contributed by atoms with van der Waals surface area (Å²) < 4.78 is 57.0. The number of methoxy groups -OCH3 is 4. The molecule has 0 spiro atoms. The van der Waals surface area contributed by atoms with Gasteiger partial charge in [0.25, 0.3) is 0 Å². The number of nitrogens with zero attached hydrogens (tertiary/aromatic N) is 5. The van der Waals surface area contributed by atoms with Gasteiger partial charge in [0.2, 0.25) is 23.5 Å². The van der Waals surface area contributed by atoms with Crippen LogP contribution in [0.5, 0.6) is 23.5 Å². The van der Waals surface area contributed by atoms with Crippen molar-refractivity contribution >= 4 is 82.6 Å². The standard InChI is InChI=1S/C12H24B2O4.C12H18BNO3.C6H8BNO3.C6H6BrNO.C6H7NO.C5H3BrClN.C2H6.CH3O.Na/c1-9(2)10(3,4)16-13(15-9)14-17-11(5,6)12(7,8)18-14;1-11(2)12(3,4)17-13(16-11)9-6-7-10(15-5)14-8-9;1-11-6-3-2-5(4-8-6)7(9)10;1-9-6-3-2-5(7)4-8-6;1-8-6-4-2-3-5-7-6;6-4-1-2-5(7)8-3-4;2*1-2;/h1-8H3;6-8H,1-5H3;2-4,9-10H,1H3;2-4H,1H3;2-5H,1H3;1-3H;1-2H3;1H3;/q;;;;;;;-1;+1. The number of pyridine rings is 5. The Kier molecular flexibility index (Phi) is 33.0. The molecule has 8 heterocycles. The van der Waals surface area contributed by atoms with Crippen LogP contribution >= 0.6 is 43.5 Å². The molecule has 3 aliphatic heterocycles. The molecule has 3 aliphatic rings.